The number of carbonyl (C=O) groups is 1. The molecule has 1 aliphatic heterocycles. The first kappa shape index (κ1) is 18.0. The summed E-state index contributed by atoms with van der Waals surface area (Å²) in [5.74, 6) is 0. The molecule has 5 nitrogen and oxygen atoms in total. The number of carbonyl (C=O) groups excluding carboxylic acids is 1. The minimum atomic E-state index is -0.0935. The number of urea groups is 1. The van der Waals surface area contributed by atoms with E-state index in [0.717, 1.165) is 45.6 Å². The molecule has 1 N–H and O–H groups in total. The zero-order valence-corrected chi connectivity index (χ0v) is 14.9. The van der Waals surface area contributed by atoms with E-state index in [4.69, 9.17) is 5.26 Å². The van der Waals surface area contributed by atoms with Crippen molar-refractivity contribution in [3.63, 3.8) is 0 Å². The maximum Gasteiger partial charge on any atom is 0.321 e. The molecule has 2 aromatic carbocycles. The van der Waals surface area contributed by atoms with Crippen LogP contribution in [0.3, 0.4) is 0 Å². The number of hydrogen-bond acceptors (Lipinski definition) is 3. The number of piperazine rings is 1. The Morgan fingerprint density at radius 1 is 1.04 bits per heavy atom. The third-order valence-corrected chi connectivity index (χ3v) is 4.69. The van der Waals surface area contributed by atoms with Crippen LogP contribution in [0.5, 0.6) is 0 Å². The Hall–Kier alpha value is -2.84. The number of anilines is 1. The molecule has 5 heteroatoms. The molecular weight excluding hydrogens is 324 g/mol. The second-order valence-electron chi connectivity index (χ2n) is 6.54. The van der Waals surface area contributed by atoms with Gasteiger partial charge in [0.1, 0.15) is 0 Å². The molecule has 26 heavy (non-hydrogen) atoms. The number of rotatable bonds is 5. The Morgan fingerprint density at radius 3 is 2.54 bits per heavy atom. The van der Waals surface area contributed by atoms with Crippen LogP contribution in [0.2, 0.25) is 0 Å². The van der Waals surface area contributed by atoms with Gasteiger partial charge in [-0.05, 0) is 43.1 Å². The van der Waals surface area contributed by atoms with Gasteiger partial charge in [-0.2, -0.15) is 5.26 Å². The van der Waals surface area contributed by atoms with Crippen molar-refractivity contribution in [2.45, 2.75) is 12.8 Å². The highest BCUT2D eigenvalue weighted by Crippen LogP contribution is 2.12. The van der Waals surface area contributed by atoms with Crippen molar-refractivity contribution < 1.29 is 4.79 Å². The van der Waals surface area contributed by atoms with Crippen LogP contribution in [0.15, 0.2) is 54.6 Å². The molecule has 2 amide bonds. The van der Waals surface area contributed by atoms with Crippen molar-refractivity contribution >= 4 is 11.7 Å². The van der Waals surface area contributed by atoms with Crippen molar-refractivity contribution in [2.24, 2.45) is 0 Å². The lowest BCUT2D eigenvalue weighted by Crippen LogP contribution is -2.50. The Bertz CT molecular complexity index is 761. The number of nitriles is 1. The van der Waals surface area contributed by atoms with E-state index < -0.39 is 0 Å². The van der Waals surface area contributed by atoms with Crippen LogP contribution in [-0.4, -0.2) is 48.6 Å². The number of benzene rings is 2. The van der Waals surface area contributed by atoms with Gasteiger partial charge in [-0.25, -0.2) is 4.79 Å². The molecule has 134 valence electrons. The first-order valence-electron chi connectivity index (χ1n) is 9.07. The molecule has 3 rings (SSSR count). The van der Waals surface area contributed by atoms with Gasteiger partial charge in [0.15, 0.2) is 0 Å². The topological polar surface area (TPSA) is 59.4 Å². The maximum atomic E-state index is 12.4. The van der Waals surface area contributed by atoms with Gasteiger partial charge in [0.05, 0.1) is 11.6 Å². The Kier molecular flexibility index (Phi) is 6.24. The molecule has 1 fully saturated rings. The van der Waals surface area contributed by atoms with E-state index in [1.54, 1.807) is 24.3 Å². The largest absolute Gasteiger partial charge is 0.322 e. The van der Waals surface area contributed by atoms with Crippen LogP contribution in [-0.2, 0) is 6.42 Å². The summed E-state index contributed by atoms with van der Waals surface area (Å²) in [7, 11) is 0. The Balaban J connectivity index is 1.40. The van der Waals surface area contributed by atoms with Gasteiger partial charge in [0.25, 0.3) is 0 Å². The quantitative estimate of drug-likeness (QED) is 0.901. The van der Waals surface area contributed by atoms with Gasteiger partial charge in [0.2, 0.25) is 0 Å². The van der Waals surface area contributed by atoms with Crippen LogP contribution in [0.4, 0.5) is 10.5 Å². The van der Waals surface area contributed by atoms with E-state index >= 15 is 0 Å². The number of aryl methyl sites for hydroxylation is 1. The molecule has 2 aromatic rings. The summed E-state index contributed by atoms with van der Waals surface area (Å²) in [6, 6.07) is 19.5. The fraction of sp³-hybridized carbons (Fsp3) is 0.333. The standard InChI is InChI=1S/C21H24N4O/c22-17-19-8-4-10-20(16-19)23-21(26)25-14-12-24(13-15-25)11-5-9-18-6-2-1-3-7-18/h1-4,6-8,10,16H,5,9,11-15H2,(H,23,26). The van der Waals surface area contributed by atoms with Crippen LogP contribution in [0.25, 0.3) is 0 Å². The first-order valence-corrected chi connectivity index (χ1v) is 9.07. The molecule has 1 heterocycles. The zero-order chi connectivity index (χ0) is 18.2. The summed E-state index contributed by atoms with van der Waals surface area (Å²) in [5.41, 5.74) is 2.59. The van der Waals surface area contributed by atoms with Crippen molar-refractivity contribution in [1.82, 2.24) is 9.80 Å². The van der Waals surface area contributed by atoms with Crippen LogP contribution < -0.4 is 5.32 Å². The van der Waals surface area contributed by atoms with E-state index in [2.05, 4.69) is 40.6 Å². The normalized spacial score (nSPS) is 14.7. The smallest absolute Gasteiger partial charge is 0.321 e. The lowest BCUT2D eigenvalue weighted by Gasteiger charge is -2.34. The van der Waals surface area contributed by atoms with E-state index in [0.29, 0.717) is 11.3 Å². The highest BCUT2D eigenvalue weighted by atomic mass is 16.2. The predicted octanol–water partition coefficient (Wildman–Crippen LogP) is 3.34. The fourth-order valence-electron chi connectivity index (χ4n) is 3.20. The molecular formula is C21H24N4O. The van der Waals surface area contributed by atoms with Crippen molar-refractivity contribution in [3.05, 3.63) is 65.7 Å². The van der Waals surface area contributed by atoms with Gasteiger partial charge in [-0.3, -0.25) is 4.90 Å². The zero-order valence-electron chi connectivity index (χ0n) is 14.9. The highest BCUT2D eigenvalue weighted by molar-refractivity contribution is 5.89. The van der Waals surface area contributed by atoms with Gasteiger partial charge < -0.3 is 10.2 Å². The number of hydrogen-bond donors (Lipinski definition) is 1. The molecule has 0 atom stereocenters. The van der Waals surface area contributed by atoms with Gasteiger partial charge in [-0.15, -0.1) is 0 Å². The minimum Gasteiger partial charge on any atom is -0.322 e. The Morgan fingerprint density at radius 2 is 1.81 bits per heavy atom. The van der Waals surface area contributed by atoms with Crippen molar-refractivity contribution in [2.75, 3.05) is 38.0 Å². The van der Waals surface area contributed by atoms with Crippen molar-refractivity contribution in [3.8, 4) is 6.07 Å². The summed E-state index contributed by atoms with van der Waals surface area (Å²) in [5, 5.41) is 11.8. The second-order valence-corrected chi connectivity index (χ2v) is 6.54. The number of nitrogens with one attached hydrogen (secondary N) is 1. The average Bonchev–Trinajstić information content (AvgIpc) is 2.69. The molecule has 1 saturated heterocycles. The van der Waals surface area contributed by atoms with Gasteiger partial charge in [-0.1, -0.05) is 36.4 Å². The summed E-state index contributed by atoms with van der Waals surface area (Å²) in [6.45, 7) is 4.33. The van der Waals surface area contributed by atoms with E-state index in [-0.39, 0.29) is 6.03 Å². The van der Waals surface area contributed by atoms with Crippen molar-refractivity contribution in [1.29, 1.82) is 5.26 Å². The molecule has 1 aliphatic rings. The second kappa shape index (κ2) is 9.02. The third kappa shape index (κ3) is 5.08. The van der Waals surface area contributed by atoms with Gasteiger partial charge in [0, 0.05) is 31.9 Å². The molecule has 0 bridgehead atoms. The molecule has 0 spiro atoms. The highest BCUT2D eigenvalue weighted by Gasteiger charge is 2.20. The molecule has 0 radical (unpaired) electrons. The minimum absolute atomic E-state index is 0.0935. The average molecular weight is 348 g/mol. The maximum absolute atomic E-state index is 12.4. The molecule has 0 unspecified atom stereocenters. The molecule has 0 aromatic heterocycles. The first-order chi connectivity index (χ1) is 12.7. The summed E-state index contributed by atoms with van der Waals surface area (Å²) < 4.78 is 0. The third-order valence-electron chi connectivity index (χ3n) is 4.69. The number of nitrogens with zero attached hydrogens (tertiary/aromatic N) is 3. The SMILES string of the molecule is N#Cc1cccc(NC(=O)N2CCN(CCCc3ccccc3)CC2)c1. The number of amides is 2. The van der Waals surface area contributed by atoms with E-state index in [9.17, 15) is 4.79 Å². The summed E-state index contributed by atoms with van der Waals surface area (Å²) in [6.07, 6.45) is 2.23. The van der Waals surface area contributed by atoms with Crippen LogP contribution >= 0.6 is 0 Å². The van der Waals surface area contributed by atoms with E-state index in [1.165, 1.54) is 5.56 Å². The summed E-state index contributed by atoms with van der Waals surface area (Å²) in [4.78, 5) is 16.6. The lowest BCUT2D eigenvalue weighted by molar-refractivity contribution is 0.146. The summed E-state index contributed by atoms with van der Waals surface area (Å²) >= 11 is 0. The van der Waals surface area contributed by atoms with Crippen LogP contribution in [0.1, 0.15) is 17.5 Å². The molecule has 0 saturated carbocycles. The van der Waals surface area contributed by atoms with Crippen LogP contribution in [0, 0.1) is 11.3 Å². The fourth-order valence-corrected chi connectivity index (χ4v) is 3.20. The monoisotopic (exact) mass is 348 g/mol. The lowest BCUT2D eigenvalue weighted by atomic mass is 10.1. The van der Waals surface area contributed by atoms with E-state index in [1.807, 2.05) is 11.0 Å². The molecule has 0 aliphatic carbocycles. The van der Waals surface area contributed by atoms with Gasteiger partial charge >= 0.3 is 6.03 Å². The predicted molar refractivity (Wildman–Crippen MR) is 103 cm³/mol. The Labute approximate surface area is 154 Å².